The van der Waals surface area contributed by atoms with E-state index in [1.54, 1.807) is 0 Å². The predicted molar refractivity (Wildman–Crippen MR) is 94.2 cm³/mol. The van der Waals surface area contributed by atoms with Crippen LogP contribution in [0.2, 0.25) is 0 Å². The summed E-state index contributed by atoms with van der Waals surface area (Å²) in [5, 5.41) is 10.8. The predicted octanol–water partition coefficient (Wildman–Crippen LogP) is 2.44. The summed E-state index contributed by atoms with van der Waals surface area (Å²) in [6.45, 7) is 2.60. The molecule has 0 heterocycles. The SMILES string of the molecule is CC/C=C\CCCCCCCC(=O)OC(CC(=O)[O-])C[N+](C)(C)C. The second kappa shape index (κ2) is 13.0. The van der Waals surface area contributed by atoms with E-state index in [9.17, 15) is 14.7 Å². The number of quaternary nitrogens is 1. The number of aliphatic carboxylic acids is 1. The van der Waals surface area contributed by atoms with Crippen LogP contribution < -0.4 is 5.11 Å². The van der Waals surface area contributed by atoms with E-state index >= 15 is 0 Å². The molecule has 0 N–H and O–H groups in total. The Bertz CT molecular complexity index is 385. The van der Waals surface area contributed by atoms with Crippen molar-refractivity contribution in [3.8, 4) is 0 Å². The Morgan fingerprint density at radius 1 is 1.04 bits per heavy atom. The van der Waals surface area contributed by atoms with Crippen molar-refractivity contribution in [2.45, 2.75) is 70.8 Å². The van der Waals surface area contributed by atoms with Crippen LogP contribution in [-0.2, 0) is 14.3 Å². The van der Waals surface area contributed by atoms with E-state index in [-0.39, 0.29) is 12.4 Å². The maximum atomic E-state index is 11.9. The Balaban J connectivity index is 3.88. The zero-order chi connectivity index (χ0) is 18.4. The van der Waals surface area contributed by atoms with Crippen molar-refractivity contribution in [3.63, 3.8) is 0 Å². The van der Waals surface area contributed by atoms with E-state index < -0.39 is 12.1 Å². The summed E-state index contributed by atoms with van der Waals surface area (Å²) < 4.78 is 5.86. The topological polar surface area (TPSA) is 66.4 Å². The lowest BCUT2D eigenvalue weighted by Gasteiger charge is -2.29. The lowest BCUT2D eigenvalue weighted by molar-refractivity contribution is -0.873. The number of carboxylic acids is 1. The van der Waals surface area contributed by atoms with Crippen LogP contribution in [0, 0.1) is 0 Å². The van der Waals surface area contributed by atoms with Crippen molar-refractivity contribution in [3.05, 3.63) is 12.2 Å². The summed E-state index contributed by atoms with van der Waals surface area (Å²) in [6, 6.07) is 0. The molecule has 0 radical (unpaired) electrons. The standard InChI is InChI=1S/C19H35NO4/c1-5-6-7-8-9-10-11-12-13-14-19(23)24-17(15-18(21)22)16-20(2,3)4/h6-7,17H,5,8-16H2,1-4H3/b7-6-. The molecule has 5 heteroatoms. The largest absolute Gasteiger partial charge is 0.550 e. The van der Waals surface area contributed by atoms with Crippen LogP contribution in [0.3, 0.4) is 0 Å². The van der Waals surface area contributed by atoms with Gasteiger partial charge in [0.2, 0.25) is 0 Å². The number of unbranched alkanes of at least 4 members (excludes halogenated alkanes) is 5. The molecule has 0 rings (SSSR count). The highest BCUT2D eigenvalue weighted by Gasteiger charge is 2.22. The molecule has 0 spiro atoms. The molecule has 0 saturated heterocycles. The third-order valence-corrected chi connectivity index (χ3v) is 3.60. The third kappa shape index (κ3) is 15.5. The summed E-state index contributed by atoms with van der Waals surface area (Å²) in [4.78, 5) is 22.7. The first kappa shape index (κ1) is 22.6. The van der Waals surface area contributed by atoms with Gasteiger partial charge in [-0.2, -0.15) is 0 Å². The quantitative estimate of drug-likeness (QED) is 0.211. The Kier molecular flexibility index (Phi) is 12.3. The molecule has 0 aliphatic heterocycles. The van der Waals surface area contributed by atoms with Gasteiger partial charge in [-0.05, 0) is 25.7 Å². The number of carbonyl (C=O) groups excluding carboxylic acids is 2. The lowest BCUT2D eigenvalue weighted by Crippen LogP contribution is -2.45. The minimum absolute atomic E-state index is 0.244. The van der Waals surface area contributed by atoms with Gasteiger partial charge in [0.1, 0.15) is 6.54 Å². The first-order valence-electron chi connectivity index (χ1n) is 9.09. The monoisotopic (exact) mass is 341 g/mol. The molecule has 0 aromatic rings. The van der Waals surface area contributed by atoms with Crippen molar-refractivity contribution in [1.29, 1.82) is 0 Å². The molecule has 5 nitrogen and oxygen atoms in total. The number of carboxylic acid groups (broad SMARTS) is 1. The molecule has 0 amide bonds. The molecule has 0 aliphatic carbocycles. The van der Waals surface area contributed by atoms with Crippen LogP contribution in [0.4, 0.5) is 0 Å². The van der Waals surface area contributed by atoms with Crippen molar-refractivity contribution in [2.75, 3.05) is 27.7 Å². The van der Waals surface area contributed by atoms with Gasteiger partial charge in [0.25, 0.3) is 0 Å². The first-order valence-corrected chi connectivity index (χ1v) is 9.09. The van der Waals surface area contributed by atoms with Crippen molar-refractivity contribution < 1.29 is 23.9 Å². The van der Waals surface area contributed by atoms with Gasteiger partial charge in [0.05, 0.1) is 21.1 Å². The molecule has 0 bridgehead atoms. The highest BCUT2D eigenvalue weighted by molar-refractivity contribution is 5.70. The van der Waals surface area contributed by atoms with Crippen molar-refractivity contribution >= 4 is 11.9 Å². The second-order valence-corrected chi connectivity index (χ2v) is 7.35. The summed E-state index contributed by atoms with van der Waals surface area (Å²) in [6.07, 6.45) is 11.4. The number of carbonyl (C=O) groups is 2. The van der Waals surface area contributed by atoms with E-state index in [4.69, 9.17) is 4.74 Å². The molecule has 0 aromatic heterocycles. The number of hydrogen-bond acceptors (Lipinski definition) is 4. The fraction of sp³-hybridized carbons (Fsp3) is 0.789. The Labute approximate surface area is 147 Å². The number of esters is 1. The number of likely N-dealkylation sites (N-methyl/N-ethyl adjacent to an activating group) is 1. The van der Waals surface area contributed by atoms with E-state index in [1.807, 2.05) is 21.1 Å². The lowest BCUT2D eigenvalue weighted by atomic mass is 10.1. The van der Waals surface area contributed by atoms with E-state index in [2.05, 4.69) is 19.1 Å². The number of nitrogens with zero attached hydrogens (tertiary/aromatic N) is 1. The fourth-order valence-electron chi connectivity index (χ4n) is 2.53. The van der Waals surface area contributed by atoms with Gasteiger partial charge in [0, 0.05) is 18.8 Å². The van der Waals surface area contributed by atoms with Crippen LogP contribution in [0.25, 0.3) is 0 Å². The number of hydrogen-bond donors (Lipinski definition) is 0. The summed E-state index contributed by atoms with van der Waals surface area (Å²) in [5.41, 5.74) is 0. The van der Waals surface area contributed by atoms with Gasteiger partial charge in [0.15, 0.2) is 6.10 Å². The van der Waals surface area contributed by atoms with Gasteiger partial charge >= 0.3 is 5.97 Å². The molecular formula is C19H35NO4. The van der Waals surface area contributed by atoms with E-state index in [0.717, 1.165) is 32.1 Å². The van der Waals surface area contributed by atoms with Crippen molar-refractivity contribution in [1.82, 2.24) is 0 Å². The van der Waals surface area contributed by atoms with Gasteiger partial charge in [-0.1, -0.05) is 38.3 Å². The molecule has 24 heavy (non-hydrogen) atoms. The van der Waals surface area contributed by atoms with Gasteiger partial charge < -0.3 is 19.1 Å². The molecule has 1 unspecified atom stereocenters. The molecule has 0 aliphatic rings. The number of rotatable bonds is 14. The minimum atomic E-state index is -1.18. The van der Waals surface area contributed by atoms with Gasteiger partial charge in [-0.25, -0.2) is 0 Å². The van der Waals surface area contributed by atoms with Crippen LogP contribution in [0.5, 0.6) is 0 Å². The smallest absolute Gasteiger partial charge is 0.306 e. The second-order valence-electron chi connectivity index (χ2n) is 7.35. The Morgan fingerprint density at radius 3 is 2.25 bits per heavy atom. The molecule has 1 atom stereocenters. The highest BCUT2D eigenvalue weighted by Crippen LogP contribution is 2.11. The summed E-state index contributed by atoms with van der Waals surface area (Å²) in [5.74, 6) is -1.49. The molecule has 140 valence electrons. The Morgan fingerprint density at radius 2 is 1.67 bits per heavy atom. The highest BCUT2D eigenvalue weighted by atomic mass is 16.5. The normalized spacial score (nSPS) is 13.2. The van der Waals surface area contributed by atoms with Crippen molar-refractivity contribution in [2.24, 2.45) is 0 Å². The van der Waals surface area contributed by atoms with Crippen LogP contribution >= 0.6 is 0 Å². The molecule has 0 saturated carbocycles. The van der Waals surface area contributed by atoms with Gasteiger partial charge in [-0.3, -0.25) is 4.79 Å². The fourth-order valence-corrected chi connectivity index (χ4v) is 2.53. The number of ether oxygens (including phenoxy) is 1. The summed E-state index contributed by atoms with van der Waals surface area (Å²) >= 11 is 0. The summed E-state index contributed by atoms with van der Waals surface area (Å²) in [7, 11) is 5.81. The number of allylic oxidation sites excluding steroid dienone is 2. The van der Waals surface area contributed by atoms with E-state index in [0.29, 0.717) is 17.4 Å². The van der Waals surface area contributed by atoms with Crippen LogP contribution in [0.15, 0.2) is 12.2 Å². The van der Waals surface area contributed by atoms with Gasteiger partial charge in [-0.15, -0.1) is 0 Å². The third-order valence-electron chi connectivity index (χ3n) is 3.60. The molecular weight excluding hydrogens is 306 g/mol. The maximum absolute atomic E-state index is 11.9. The van der Waals surface area contributed by atoms with Crippen LogP contribution in [-0.4, -0.2) is 50.2 Å². The average Bonchev–Trinajstić information content (AvgIpc) is 2.42. The minimum Gasteiger partial charge on any atom is -0.550 e. The molecule has 0 fully saturated rings. The van der Waals surface area contributed by atoms with Crippen LogP contribution in [0.1, 0.15) is 64.7 Å². The first-order chi connectivity index (χ1) is 11.2. The zero-order valence-electron chi connectivity index (χ0n) is 15.9. The maximum Gasteiger partial charge on any atom is 0.306 e. The zero-order valence-corrected chi connectivity index (χ0v) is 15.9. The molecule has 0 aromatic carbocycles. The average molecular weight is 341 g/mol. The Hall–Kier alpha value is -1.36. The van der Waals surface area contributed by atoms with E-state index in [1.165, 1.54) is 12.8 Å².